The molecule has 0 bridgehead atoms. The van der Waals surface area contributed by atoms with Crippen LogP contribution in [0.1, 0.15) is 65.2 Å². The number of carbonyl (C=O) groups excluding carboxylic acids is 1. The largest absolute Gasteiger partial charge is 0.412 e. The van der Waals surface area contributed by atoms with Gasteiger partial charge in [-0.15, -0.1) is 0 Å². The summed E-state index contributed by atoms with van der Waals surface area (Å²) in [6.45, 7) is 16.2. The molecule has 3 heteroatoms. The highest BCUT2D eigenvalue weighted by atomic mass is 28.4. The molecular formula is C20H32O2Si. The molecule has 0 unspecified atom stereocenters. The molecule has 0 aromatic heterocycles. The third kappa shape index (κ3) is 3.46. The molecule has 128 valence electrons. The molecule has 23 heavy (non-hydrogen) atoms. The predicted octanol–water partition coefficient (Wildman–Crippen LogP) is 5.84. The molecular weight excluding hydrogens is 300 g/mol. The van der Waals surface area contributed by atoms with E-state index in [0.29, 0.717) is 12.3 Å². The van der Waals surface area contributed by atoms with Gasteiger partial charge in [0.25, 0.3) is 0 Å². The van der Waals surface area contributed by atoms with E-state index in [1.165, 1.54) is 0 Å². The van der Waals surface area contributed by atoms with Crippen LogP contribution in [0.4, 0.5) is 0 Å². The second-order valence-electron chi connectivity index (χ2n) is 9.16. The van der Waals surface area contributed by atoms with Crippen LogP contribution in [0.5, 0.6) is 0 Å². The Morgan fingerprint density at radius 2 is 1.61 bits per heavy atom. The number of benzene rings is 1. The number of ketones is 1. The lowest BCUT2D eigenvalue weighted by atomic mass is 9.98. The van der Waals surface area contributed by atoms with Crippen LogP contribution in [-0.4, -0.2) is 20.2 Å². The first-order valence-corrected chi connectivity index (χ1v) is 10.9. The lowest BCUT2D eigenvalue weighted by molar-refractivity contribution is 0.0873. The number of rotatable bonds is 3. The monoisotopic (exact) mass is 332 g/mol. The maximum atomic E-state index is 12.6. The molecule has 0 aliphatic carbocycles. The molecule has 0 saturated carbocycles. The average Bonchev–Trinajstić information content (AvgIpc) is 2.77. The van der Waals surface area contributed by atoms with Gasteiger partial charge in [-0.1, -0.05) is 78.8 Å². The van der Waals surface area contributed by atoms with Crippen molar-refractivity contribution in [3.63, 3.8) is 0 Å². The first kappa shape index (κ1) is 18.4. The van der Waals surface area contributed by atoms with Crippen LogP contribution in [0.3, 0.4) is 0 Å². The van der Waals surface area contributed by atoms with E-state index in [-0.39, 0.29) is 22.0 Å². The van der Waals surface area contributed by atoms with E-state index in [1.54, 1.807) is 0 Å². The minimum absolute atomic E-state index is 0.0628. The van der Waals surface area contributed by atoms with Crippen LogP contribution in [0.2, 0.25) is 16.1 Å². The molecule has 1 fully saturated rings. The van der Waals surface area contributed by atoms with E-state index in [4.69, 9.17) is 4.43 Å². The fourth-order valence-corrected chi connectivity index (χ4v) is 10.5. The second-order valence-corrected chi connectivity index (χ2v) is 14.5. The summed E-state index contributed by atoms with van der Waals surface area (Å²) in [4.78, 5) is 12.6. The van der Waals surface area contributed by atoms with E-state index in [2.05, 4.69) is 48.5 Å². The molecule has 1 aromatic rings. The molecule has 1 aromatic carbocycles. The Bertz CT molecular complexity index is 537. The summed E-state index contributed by atoms with van der Waals surface area (Å²) >= 11 is 0. The lowest BCUT2D eigenvalue weighted by Crippen LogP contribution is -2.52. The second kappa shape index (κ2) is 6.17. The van der Waals surface area contributed by atoms with E-state index < -0.39 is 8.32 Å². The fourth-order valence-electron chi connectivity index (χ4n) is 4.27. The molecule has 0 amide bonds. The van der Waals surface area contributed by atoms with Crippen molar-refractivity contribution in [3.05, 3.63) is 35.9 Å². The van der Waals surface area contributed by atoms with Gasteiger partial charge in [-0.2, -0.15) is 0 Å². The van der Waals surface area contributed by atoms with Gasteiger partial charge in [0.1, 0.15) is 0 Å². The first-order valence-electron chi connectivity index (χ1n) is 8.74. The van der Waals surface area contributed by atoms with Gasteiger partial charge in [0.15, 0.2) is 5.78 Å². The maximum absolute atomic E-state index is 12.6. The summed E-state index contributed by atoms with van der Waals surface area (Å²) in [5.74, 6) is 0.655. The summed E-state index contributed by atoms with van der Waals surface area (Å²) in [6.07, 6.45) is 0.569. The molecule has 2 rings (SSSR count). The number of carbonyl (C=O) groups is 1. The third-order valence-electron chi connectivity index (χ3n) is 5.50. The van der Waals surface area contributed by atoms with Gasteiger partial charge in [-0.3, -0.25) is 4.79 Å². The Hall–Kier alpha value is -0.933. The molecule has 2 atom stereocenters. The van der Waals surface area contributed by atoms with E-state index in [0.717, 1.165) is 11.6 Å². The van der Waals surface area contributed by atoms with Crippen molar-refractivity contribution in [2.24, 2.45) is 5.92 Å². The highest BCUT2D eigenvalue weighted by molar-refractivity contribution is 6.80. The van der Waals surface area contributed by atoms with Gasteiger partial charge in [-0.05, 0) is 22.0 Å². The Morgan fingerprint density at radius 3 is 2.04 bits per heavy atom. The topological polar surface area (TPSA) is 26.3 Å². The Labute approximate surface area is 142 Å². The van der Waals surface area contributed by atoms with E-state index in [1.807, 2.05) is 30.3 Å². The Kier molecular flexibility index (Phi) is 4.94. The molecule has 0 spiro atoms. The zero-order valence-corrected chi connectivity index (χ0v) is 16.8. The summed E-state index contributed by atoms with van der Waals surface area (Å²) in [5, 5.41) is 0.341. The summed E-state index contributed by atoms with van der Waals surface area (Å²) in [7, 11) is -1.98. The Balaban J connectivity index is 2.22. The zero-order valence-electron chi connectivity index (χ0n) is 15.8. The van der Waals surface area contributed by atoms with Crippen molar-refractivity contribution < 1.29 is 9.22 Å². The van der Waals surface area contributed by atoms with Crippen molar-refractivity contribution >= 4 is 14.1 Å². The molecule has 1 heterocycles. The summed E-state index contributed by atoms with van der Waals surface area (Å²) in [6, 6.07) is 10.8. The normalized spacial score (nSPS) is 24.7. The number of hydrogen-bond donors (Lipinski definition) is 0. The van der Waals surface area contributed by atoms with Crippen LogP contribution in [-0.2, 0) is 4.43 Å². The SMILES string of the molecule is C[C@H]1C[Si](C(C)(C)C)(C(C)(C)C)O[C@@H]1CC(=O)c1ccccc1. The maximum Gasteiger partial charge on any atom is 0.204 e. The van der Waals surface area contributed by atoms with Crippen LogP contribution >= 0.6 is 0 Å². The first-order chi connectivity index (χ1) is 10.5. The van der Waals surface area contributed by atoms with Crippen LogP contribution in [0.25, 0.3) is 0 Å². The number of hydrogen-bond acceptors (Lipinski definition) is 2. The van der Waals surface area contributed by atoms with Gasteiger partial charge in [0.05, 0.1) is 6.10 Å². The van der Waals surface area contributed by atoms with Crippen molar-refractivity contribution in [3.8, 4) is 0 Å². The van der Waals surface area contributed by atoms with E-state index >= 15 is 0 Å². The molecule has 1 aliphatic rings. The van der Waals surface area contributed by atoms with Crippen LogP contribution in [0.15, 0.2) is 30.3 Å². The highest BCUT2D eigenvalue weighted by Gasteiger charge is 2.60. The number of Topliss-reactive ketones (excluding diaryl/α,β-unsaturated/α-hetero) is 1. The molecule has 0 radical (unpaired) electrons. The molecule has 1 saturated heterocycles. The minimum Gasteiger partial charge on any atom is -0.412 e. The summed E-state index contributed by atoms with van der Waals surface area (Å²) < 4.78 is 6.80. The van der Waals surface area contributed by atoms with Crippen LogP contribution in [0, 0.1) is 5.92 Å². The van der Waals surface area contributed by atoms with Crippen molar-refractivity contribution in [2.45, 2.75) is 77.1 Å². The predicted molar refractivity (Wildman–Crippen MR) is 99.4 cm³/mol. The minimum atomic E-state index is -1.98. The third-order valence-corrected chi connectivity index (χ3v) is 12.3. The van der Waals surface area contributed by atoms with Crippen molar-refractivity contribution in [2.75, 3.05) is 0 Å². The van der Waals surface area contributed by atoms with Gasteiger partial charge in [-0.25, -0.2) is 0 Å². The summed E-state index contributed by atoms with van der Waals surface area (Å²) in [5.41, 5.74) is 0.800. The Morgan fingerprint density at radius 1 is 1.09 bits per heavy atom. The molecule has 1 aliphatic heterocycles. The van der Waals surface area contributed by atoms with Gasteiger partial charge in [0.2, 0.25) is 8.32 Å². The quantitative estimate of drug-likeness (QED) is 0.513. The molecule has 0 N–H and O–H groups in total. The van der Waals surface area contributed by atoms with E-state index in [9.17, 15) is 4.79 Å². The molecule has 2 nitrogen and oxygen atoms in total. The fraction of sp³-hybridized carbons (Fsp3) is 0.650. The van der Waals surface area contributed by atoms with Gasteiger partial charge >= 0.3 is 0 Å². The van der Waals surface area contributed by atoms with Crippen LogP contribution < -0.4 is 0 Å². The lowest BCUT2D eigenvalue weighted by Gasteiger charge is -2.48. The van der Waals surface area contributed by atoms with Gasteiger partial charge < -0.3 is 4.43 Å². The standard InChI is InChI=1S/C20H32O2Si/c1-15-14-23(19(2,3)4,20(5,6)7)22-18(15)13-17(21)16-11-9-8-10-12-16/h8-12,15,18H,13-14H2,1-7H3/t15-,18+/m0/s1. The van der Waals surface area contributed by atoms with Crippen molar-refractivity contribution in [1.82, 2.24) is 0 Å². The average molecular weight is 333 g/mol. The smallest absolute Gasteiger partial charge is 0.204 e. The van der Waals surface area contributed by atoms with Crippen molar-refractivity contribution in [1.29, 1.82) is 0 Å². The van der Waals surface area contributed by atoms with Gasteiger partial charge in [0, 0.05) is 12.0 Å². The highest BCUT2D eigenvalue weighted by Crippen LogP contribution is 2.59. The zero-order chi connectivity index (χ0) is 17.5.